The molecular formula is C66H42B3N3. The lowest BCUT2D eigenvalue weighted by Gasteiger charge is -2.61. The Kier molecular flexibility index (Phi) is 8.44. The Labute approximate surface area is 420 Å². The Balaban J connectivity index is 0.949. The molecule has 0 spiro atoms. The second-order valence-electron chi connectivity index (χ2n) is 20.0. The Hall–Kier alpha value is -8.99. The molecule has 16 rings (SSSR count). The third-order valence-corrected chi connectivity index (χ3v) is 16.2. The highest BCUT2D eigenvalue weighted by molar-refractivity contribution is 7.16. The number of anilines is 3. The van der Waals surface area contributed by atoms with Crippen molar-refractivity contribution in [3.63, 3.8) is 0 Å². The van der Waals surface area contributed by atoms with Crippen LogP contribution < -0.4 is 30.6 Å². The molecule has 0 aliphatic carbocycles. The lowest BCUT2D eigenvalue weighted by atomic mass is 9.34. The van der Waals surface area contributed by atoms with Gasteiger partial charge in [-0.2, -0.15) is 0 Å². The lowest BCUT2D eigenvalue weighted by molar-refractivity contribution is 1.27. The molecule has 4 aliphatic heterocycles. The molecule has 1 saturated heterocycles. The van der Waals surface area contributed by atoms with E-state index in [4.69, 9.17) is 0 Å². The highest BCUT2D eigenvalue weighted by Gasteiger charge is 2.61. The van der Waals surface area contributed by atoms with E-state index in [9.17, 15) is 0 Å². The van der Waals surface area contributed by atoms with Crippen LogP contribution in [0.1, 0.15) is 0 Å². The summed E-state index contributed by atoms with van der Waals surface area (Å²) in [5.74, 6) is 0. The van der Waals surface area contributed by atoms with Gasteiger partial charge in [0.15, 0.2) is 0 Å². The maximum atomic E-state index is 2.77. The van der Waals surface area contributed by atoms with Crippen molar-refractivity contribution in [3.8, 4) is 66.8 Å². The molecule has 12 aromatic carbocycles. The molecule has 0 aromatic heterocycles. The molecule has 72 heavy (non-hydrogen) atoms. The normalized spacial score (nSPS) is 13.7. The van der Waals surface area contributed by atoms with E-state index < -0.39 is 0 Å². The summed E-state index contributed by atoms with van der Waals surface area (Å²) in [5, 5.41) is 7.51. The number of nitrogens with zero attached hydrogens (tertiary/aromatic N) is 3. The Bertz CT molecular complexity index is 3820. The number of rotatable bonds is 3. The van der Waals surface area contributed by atoms with E-state index in [2.05, 4.69) is 269 Å². The van der Waals surface area contributed by atoms with Crippen LogP contribution in [0.5, 0.6) is 0 Å². The number of fused-ring (bicyclic) bond motifs is 24. The standard InChI is InChI=1S/C66H42B3N3/c1-4-16-46-37-49(28-25-43(46)13-1)52-31-34-64-58(40-52)55-19-7-10-22-61(55)67-70(64)68-62-23-11-8-20-56(62)59-41-54(51-30-27-45-15-3-6-18-48(45)39-51)33-36-66(59)72(68)69-63-24-12-9-21-57(63)60-42-53(32-35-65(60)71(67)69)50-29-26-44-14-2-5-17-47(44)38-50/h1-42H. The van der Waals surface area contributed by atoms with Crippen LogP contribution in [-0.4, -0.2) is 20.9 Å². The Morgan fingerprint density at radius 3 is 0.764 bits per heavy atom. The van der Waals surface area contributed by atoms with Gasteiger partial charge in [0.2, 0.25) is 0 Å². The minimum absolute atomic E-state index is 0.142. The zero-order valence-corrected chi connectivity index (χ0v) is 39.3. The topological polar surface area (TPSA) is 9.72 Å². The highest BCUT2D eigenvalue weighted by Crippen LogP contribution is 2.50. The molecule has 3 nitrogen and oxygen atoms in total. The predicted octanol–water partition coefficient (Wildman–Crippen LogP) is 14.1. The molecule has 0 unspecified atom stereocenters. The fourth-order valence-corrected chi connectivity index (χ4v) is 13.0. The lowest BCUT2D eigenvalue weighted by Crippen LogP contribution is -2.88. The van der Waals surface area contributed by atoms with Gasteiger partial charge in [-0.25, -0.2) is 0 Å². The summed E-state index contributed by atoms with van der Waals surface area (Å²) in [6.07, 6.45) is 0. The van der Waals surface area contributed by atoms with Crippen LogP contribution in [0.25, 0.3) is 99.1 Å². The molecule has 0 N–H and O–H groups in total. The molecule has 4 heterocycles. The van der Waals surface area contributed by atoms with E-state index in [0.29, 0.717) is 0 Å². The molecule has 0 atom stereocenters. The summed E-state index contributed by atoms with van der Waals surface area (Å²) in [6.45, 7) is -0.426. The second-order valence-corrected chi connectivity index (χ2v) is 20.0. The van der Waals surface area contributed by atoms with E-state index in [1.165, 1.54) is 133 Å². The van der Waals surface area contributed by atoms with Gasteiger partial charge in [-0.3, -0.25) is 0 Å². The summed E-state index contributed by atoms with van der Waals surface area (Å²) in [6, 6.07) is 96.1. The Morgan fingerprint density at radius 1 is 0.194 bits per heavy atom. The number of hydrogen-bond donors (Lipinski definition) is 0. The summed E-state index contributed by atoms with van der Waals surface area (Å²) >= 11 is 0. The third-order valence-electron chi connectivity index (χ3n) is 16.2. The van der Waals surface area contributed by atoms with Gasteiger partial charge >= 0.3 is 20.9 Å². The van der Waals surface area contributed by atoms with Crippen molar-refractivity contribution in [2.24, 2.45) is 0 Å². The van der Waals surface area contributed by atoms with Gasteiger partial charge < -0.3 is 14.2 Å². The van der Waals surface area contributed by atoms with Crippen LogP contribution in [0.2, 0.25) is 0 Å². The first kappa shape index (κ1) is 39.8. The van der Waals surface area contributed by atoms with E-state index in [1.54, 1.807) is 0 Å². The minimum atomic E-state index is -0.142. The van der Waals surface area contributed by atoms with Crippen LogP contribution >= 0.6 is 0 Å². The molecule has 0 amide bonds. The summed E-state index contributed by atoms with van der Waals surface area (Å²) in [4.78, 5) is 0. The molecule has 0 radical (unpaired) electrons. The molecular weight excluding hydrogens is 867 g/mol. The quantitative estimate of drug-likeness (QED) is 0.164. The number of hydrogen-bond acceptors (Lipinski definition) is 3. The zero-order chi connectivity index (χ0) is 47.0. The van der Waals surface area contributed by atoms with Gasteiger partial charge in [-0.1, -0.05) is 200 Å². The van der Waals surface area contributed by atoms with Crippen LogP contribution in [0.15, 0.2) is 255 Å². The van der Waals surface area contributed by atoms with Crippen molar-refractivity contribution in [2.75, 3.05) is 14.2 Å². The summed E-state index contributed by atoms with van der Waals surface area (Å²) in [7, 11) is 0. The summed E-state index contributed by atoms with van der Waals surface area (Å²) in [5.41, 5.74) is 22.5. The first-order valence-electron chi connectivity index (χ1n) is 25.2. The minimum Gasteiger partial charge on any atom is -0.416 e. The van der Waals surface area contributed by atoms with Gasteiger partial charge in [0, 0.05) is 33.8 Å². The largest absolute Gasteiger partial charge is 0.416 e. The maximum Gasteiger partial charge on any atom is 0.389 e. The van der Waals surface area contributed by atoms with Gasteiger partial charge in [0.1, 0.15) is 0 Å². The average molecular weight is 910 g/mol. The highest BCUT2D eigenvalue weighted by atomic mass is 15.3. The van der Waals surface area contributed by atoms with Gasteiger partial charge in [-0.05, 0) is 153 Å². The van der Waals surface area contributed by atoms with Gasteiger partial charge in [0.05, 0.1) is 0 Å². The van der Waals surface area contributed by atoms with Crippen molar-refractivity contribution in [2.45, 2.75) is 0 Å². The fraction of sp³-hybridized carbons (Fsp3) is 0. The molecule has 12 aromatic rings. The smallest absolute Gasteiger partial charge is 0.389 e. The van der Waals surface area contributed by atoms with Crippen molar-refractivity contribution in [1.82, 2.24) is 0 Å². The van der Waals surface area contributed by atoms with Crippen LogP contribution in [0, 0.1) is 0 Å². The summed E-state index contributed by atoms with van der Waals surface area (Å²) < 4.78 is 8.31. The van der Waals surface area contributed by atoms with E-state index in [-0.39, 0.29) is 20.9 Å². The van der Waals surface area contributed by atoms with Gasteiger partial charge in [-0.15, -0.1) is 0 Å². The molecule has 0 bridgehead atoms. The van der Waals surface area contributed by atoms with Crippen molar-refractivity contribution in [3.05, 3.63) is 255 Å². The van der Waals surface area contributed by atoms with E-state index >= 15 is 0 Å². The van der Waals surface area contributed by atoms with Gasteiger partial charge in [0.25, 0.3) is 0 Å². The van der Waals surface area contributed by atoms with Crippen LogP contribution in [0.3, 0.4) is 0 Å². The maximum absolute atomic E-state index is 2.77. The fourth-order valence-electron chi connectivity index (χ4n) is 13.0. The zero-order valence-electron chi connectivity index (χ0n) is 39.3. The molecule has 4 aliphatic rings. The average Bonchev–Trinajstić information content (AvgIpc) is 3.46. The monoisotopic (exact) mass is 909 g/mol. The molecule has 330 valence electrons. The second kappa shape index (κ2) is 15.3. The molecule has 0 saturated carbocycles. The van der Waals surface area contributed by atoms with Crippen LogP contribution in [-0.2, 0) is 0 Å². The van der Waals surface area contributed by atoms with Crippen LogP contribution in [0.4, 0.5) is 17.1 Å². The molecule has 6 heteroatoms. The SMILES string of the molecule is c1ccc2c(c1)B1N(B3c4ccccc4-c4cc(-c5ccc6ccccc6c5)ccc4N3B3c4ccccc4-c4cc(-c5ccc6ccccc6c5)ccc4N13)c1ccc(-c3ccc4ccccc4c3)cc1-2. The Morgan fingerprint density at radius 2 is 0.444 bits per heavy atom. The number of benzene rings is 12. The van der Waals surface area contributed by atoms with Crippen molar-refractivity contribution < 1.29 is 0 Å². The third kappa shape index (κ3) is 5.78. The van der Waals surface area contributed by atoms with Crippen molar-refractivity contribution in [1.29, 1.82) is 0 Å². The van der Waals surface area contributed by atoms with E-state index in [0.717, 1.165) is 0 Å². The molecule has 1 fully saturated rings. The van der Waals surface area contributed by atoms with E-state index in [1.807, 2.05) is 0 Å². The first-order valence-corrected chi connectivity index (χ1v) is 25.2. The van der Waals surface area contributed by atoms with Crippen molar-refractivity contribution >= 4 is 86.7 Å². The predicted molar refractivity (Wildman–Crippen MR) is 308 cm³/mol. The first-order chi connectivity index (χ1) is 35.7.